The summed E-state index contributed by atoms with van der Waals surface area (Å²) in [5, 5.41) is 3.11. The maximum Gasteiger partial charge on any atom is 0.252 e. The molecular weight excluding hydrogens is 1290 g/mol. The Balaban J connectivity index is 0.916. The molecular formula is C98H70BN5O2. The minimum Gasteiger partial charge on any atom is -0.452 e. The van der Waals surface area contributed by atoms with Gasteiger partial charge in [0.1, 0.15) is 0 Å². The zero-order chi connectivity index (χ0) is 93.2. The maximum absolute atomic E-state index is 10.1. The highest BCUT2D eigenvalue weighted by atomic mass is 16.3. The van der Waals surface area contributed by atoms with E-state index in [4.69, 9.17) is 22.5 Å². The summed E-state index contributed by atoms with van der Waals surface area (Å²) in [7, 11) is 0. The summed E-state index contributed by atoms with van der Waals surface area (Å²) in [5.74, 6) is 0. The summed E-state index contributed by atoms with van der Waals surface area (Å²) in [6.45, 7) is 12.0. The fourth-order valence-electron chi connectivity index (χ4n) is 16.6. The number of hydrogen-bond acceptors (Lipinski definition) is 4. The van der Waals surface area contributed by atoms with Crippen molar-refractivity contribution in [2.24, 2.45) is 0 Å². The third-order valence-electron chi connectivity index (χ3n) is 21.4. The summed E-state index contributed by atoms with van der Waals surface area (Å²) in [4.78, 5) is 3.70. The fraction of sp³-hybridized carbons (Fsp3) is 0.0816. The molecule has 502 valence electrons. The molecule has 0 atom stereocenters. The molecule has 0 radical (unpaired) electrons. The van der Waals surface area contributed by atoms with Gasteiger partial charge < -0.3 is 32.3 Å². The standard InChI is InChI=1S/C98H70BN5O2/c1-97(2,3)63-47-51-82-74(55-63)75-56-64(98(4,5)6)48-52-83(75)102(82)85-42-22-34-71-73-36-24-44-87(96(73)106-94(71)85)104-89-54-62(60-27-11-8-12-28-60)46-50-77(89)99-76-49-45-61(59-25-9-7-10-26-59)53-88(76)103(90-57-65(58-91(104)92(90)99)100-78-37-17-13-29-66(78)67-30-14-18-38-79(67)100)86-43-23-35-72-70-33-21-41-84(93(70)105-95(72)86)101-80-39-19-15-31-68(80)69-32-16-20-40-81(69)101/h7-58H,1-6H3/i7D,8D,9D,10D,11D,12D,13D,14D,15D,16D,17D,18D,19D,20D,25D,26D,27D,28D,29D,30D,31D,32D,37D,38D,39D,40D. The lowest BCUT2D eigenvalue weighted by atomic mass is 9.33. The number of furan rings is 2. The lowest BCUT2D eigenvalue weighted by Gasteiger charge is -2.44. The van der Waals surface area contributed by atoms with Crippen molar-refractivity contribution in [3.63, 3.8) is 0 Å². The minimum atomic E-state index is -1.07. The number of aromatic nitrogens is 3. The van der Waals surface area contributed by atoms with Gasteiger partial charge in [0.15, 0.2) is 22.3 Å². The van der Waals surface area contributed by atoms with Crippen molar-refractivity contribution < 1.29 is 44.5 Å². The normalized spacial score (nSPS) is 16.6. The van der Waals surface area contributed by atoms with Gasteiger partial charge in [0.05, 0.1) is 97.2 Å². The van der Waals surface area contributed by atoms with Crippen LogP contribution in [0, 0.1) is 0 Å². The SMILES string of the molecule is [2H]c1c([2H])c([2H])c(-c2ccc3c(c2)N(c2cccc4c2oc2c(-n5c6ccc(C(C)(C)C)cc6c6cc(C(C)(C)C)ccc65)cccc24)c2cc(-n4c5c([2H])c([2H])c([2H])c([2H])c5c5c([2H])c([2H])c([2H])c([2H])c54)cc4c2B3c2ccc(-c3c([2H])c([2H])c([2H])c([2H])c3[2H])cc2N4c2cccc3c2oc2c(-n4c5c([2H])c([2H])c([2H])c([2H])c5c5c([2H])c([2H])c([2H])c([2H])c54)cccc23)c([2H])c1[2H]. The number of benzene rings is 15. The number of fused-ring (bicyclic) bond motifs is 19. The van der Waals surface area contributed by atoms with Crippen molar-refractivity contribution >= 4 is 167 Å². The van der Waals surface area contributed by atoms with Crippen molar-refractivity contribution in [1.82, 2.24) is 13.7 Å². The summed E-state index contributed by atoms with van der Waals surface area (Å²) < 4.78 is 264. The molecule has 0 bridgehead atoms. The number of hydrogen-bond donors (Lipinski definition) is 0. The molecule has 0 saturated carbocycles. The summed E-state index contributed by atoms with van der Waals surface area (Å²) in [5.41, 5.74) is 6.83. The molecule has 20 aromatic rings. The van der Waals surface area contributed by atoms with E-state index in [2.05, 4.69) is 82.5 Å². The lowest BCUT2D eigenvalue weighted by Crippen LogP contribution is -2.61. The highest BCUT2D eigenvalue weighted by Crippen LogP contribution is 2.53. The second-order valence-electron chi connectivity index (χ2n) is 29.2. The van der Waals surface area contributed by atoms with Crippen LogP contribution in [0.3, 0.4) is 0 Å². The second kappa shape index (κ2) is 22.2. The van der Waals surface area contributed by atoms with Crippen molar-refractivity contribution in [1.29, 1.82) is 0 Å². The molecule has 7 heterocycles. The van der Waals surface area contributed by atoms with Crippen LogP contribution >= 0.6 is 0 Å². The molecule has 15 aromatic carbocycles. The van der Waals surface area contributed by atoms with Gasteiger partial charge in [-0.25, -0.2) is 0 Å². The van der Waals surface area contributed by atoms with Gasteiger partial charge in [-0.15, -0.1) is 0 Å². The molecule has 2 aliphatic rings. The predicted octanol–water partition coefficient (Wildman–Crippen LogP) is 24.8. The molecule has 0 unspecified atom stereocenters. The summed E-state index contributed by atoms with van der Waals surface area (Å²) in [6, 6.07) is 32.0. The Morgan fingerprint density at radius 3 is 1.02 bits per heavy atom. The van der Waals surface area contributed by atoms with E-state index >= 15 is 0 Å². The second-order valence-corrected chi connectivity index (χ2v) is 29.2. The van der Waals surface area contributed by atoms with Crippen LogP contribution in [0.4, 0.5) is 34.1 Å². The lowest BCUT2D eigenvalue weighted by molar-refractivity contribution is 0.590. The molecule has 0 amide bonds. The van der Waals surface area contributed by atoms with E-state index in [9.17, 15) is 21.9 Å². The first kappa shape index (κ1) is 40.1. The van der Waals surface area contributed by atoms with Gasteiger partial charge in [0.25, 0.3) is 6.71 Å². The number of nitrogens with zero attached hydrogens (tertiary/aromatic N) is 5. The smallest absolute Gasteiger partial charge is 0.252 e. The quantitative estimate of drug-likeness (QED) is 0.149. The zero-order valence-corrected chi connectivity index (χ0v) is 57.6. The molecule has 0 spiro atoms. The van der Waals surface area contributed by atoms with E-state index in [0.717, 1.165) is 32.9 Å². The Kier molecular flexibility index (Phi) is 8.42. The topological polar surface area (TPSA) is 47.6 Å². The zero-order valence-electron chi connectivity index (χ0n) is 83.6. The number of rotatable bonds is 7. The van der Waals surface area contributed by atoms with Gasteiger partial charge in [-0.2, -0.15) is 0 Å². The van der Waals surface area contributed by atoms with Crippen LogP contribution in [0.2, 0.25) is 0 Å². The first-order chi connectivity index (χ1) is 62.7. The van der Waals surface area contributed by atoms with Gasteiger partial charge in [0, 0.05) is 76.6 Å². The predicted molar refractivity (Wildman–Crippen MR) is 446 cm³/mol. The Hall–Kier alpha value is -13.0. The molecule has 0 saturated heterocycles. The summed E-state index contributed by atoms with van der Waals surface area (Å²) in [6.07, 6.45) is 0. The van der Waals surface area contributed by atoms with Gasteiger partial charge in [-0.05, 0) is 158 Å². The average Bonchev–Trinajstić information content (AvgIpc) is 1.26. The highest BCUT2D eigenvalue weighted by Gasteiger charge is 2.45. The number of anilines is 6. The molecule has 0 aliphatic carbocycles. The van der Waals surface area contributed by atoms with Crippen LogP contribution in [-0.2, 0) is 10.8 Å². The molecule has 0 fully saturated rings. The van der Waals surface area contributed by atoms with E-state index in [0.29, 0.717) is 60.6 Å². The van der Waals surface area contributed by atoms with Crippen molar-refractivity contribution in [3.05, 3.63) is 326 Å². The minimum absolute atomic E-state index is 0.0165. The van der Waals surface area contributed by atoms with Crippen LogP contribution in [0.25, 0.3) is 149 Å². The average molecular weight is 1390 g/mol. The van der Waals surface area contributed by atoms with Crippen LogP contribution < -0.4 is 26.2 Å². The van der Waals surface area contributed by atoms with Crippen LogP contribution in [0.15, 0.2) is 324 Å². The molecule has 8 heteroatoms. The van der Waals surface area contributed by atoms with E-state index < -0.39 is 164 Å². The molecule has 22 rings (SSSR count). The van der Waals surface area contributed by atoms with Crippen molar-refractivity contribution in [3.8, 4) is 39.3 Å². The molecule has 106 heavy (non-hydrogen) atoms. The Morgan fingerprint density at radius 2 is 0.623 bits per heavy atom. The van der Waals surface area contributed by atoms with E-state index in [1.54, 1.807) is 84.9 Å². The van der Waals surface area contributed by atoms with E-state index in [1.807, 2.05) is 46.2 Å². The van der Waals surface area contributed by atoms with Crippen LogP contribution in [-0.4, -0.2) is 20.4 Å². The fourth-order valence-corrected chi connectivity index (χ4v) is 16.6. The molecule has 7 nitrogen and oxygen atoms in total. The maximum atomic E-state index is 10.1. The third-order valence-corrected chi connectivity index (χ3v) is 21.4. The molecule has 2 aliphatic heterocycles. The summed E-state index contributed by atoms with van der Waals surface area (Å²) >= 11 is 0. The van der Waals surface area contributed by atoms with Crippen LogP contribution in [0.1, 0.15) is 88.3 Å². The van der Waals surface area contributed by atoms with Gasteiger partial charge in [-0.1, -0.05) is 259 Å². The van der Waals surface area contributed by atoms with E-state index in [1.165, 1.54) is 9.13 Å². The molecule has 5 aromatic heterocycles. The highest BCUT2D eigenvalue weighted by molar-refractivity contribution is 7.00. The van der Waals surface area contributed by atoms with Gasteiger partial charge in [-0.3, -0.25) is 0 Å². The molecule has 0 N–H and O–H groups in total. The monoisotopic (exact) mass is 1390 g/mol. The largest absolute Gasteiger partial charge is 0.452 e. The van der Waals surface area contributed by atoms with Gasteiger partial charge >= 0.3 is 0 Å². The van der Waals surface area contributed by atoms with E-state index in [-0.39, 0.29) is 128 Å². The number of para-hydroxylation sites is 8. The first-order valence-electron chi connectivity index (χ1n) is 47.9. The Bertz CT molecular complexity index is 8500. The Labute approximate surface area is 649 Å². The van der Waals surface area contributed by atoms with Crippen molar-refractivity contribution in [2.45, 2.75) is 52.4 Å². The third kappa shape index (κ3) is 8.70. The van der Waals surface area contributed by atoms with Crippen molar-refractivity contribution in [2.75, 3.05) is 9.80 Å². The Morgan fingerprint density at radius 1 is 0.274 bits per heavy atom. The van der Waals surface area contributed by atoms with Gasteiger partial charge in [0.2, 0.25) is 0 Å². The first-order valence-corrected chi connectivity index (χ1v) is 34.9. The van der Waals surface area contributed by atoms with Crippen LogP contribution in [0.5, 0.6) is 0 Å².